The smallest absolute Gasteiger partial charge is 0.276 e. The van der Waals surface area contributed by atoms with Gasteiger partial charge >= 0.3 is 0 Å². The number of carbonyl (C=O) groups is 1. The summed E-state index contributed by atoms with van der Waals surface area (Å²) in [7, 11) is 0. The number of rotatable bonds is 6. The molecule has 5 N–H and O–H groups in total. The zero-order valence-corrected chi connectivity index (χ0v) is 15.5. The summed E-state index contributed by atoms with van der Waals surface area (Å²) >= 11 is 0. The monoisotopic (exact) mass is 396 g/mol. The number of aromatic nitrogens is 2. The molecule has 150 valence electrons. The van der Waals surface area contributed by atoms with Crippen LogP contribution in [0.25, 0.3) is 11.0 Å². The lowest BCUT2D eigenvalue weighted by atomic mass is 10.1. The van der Waals surface area contributed by atoms with Crippen molar-refractivity contribution in [3.63, 3.8) is 0 Å². The molecule has 0 aliphatic heterocycles. The number of hydrazone groups is 1. The Morgan fingerprint density at radius 3 is 2.55 bits per heavy atom. The summed E-state index contributed by atoms with van der Waals surface area (Å²) < 4.78 is 0. The van der Waals surface area contributed by atoms with Crippen LogP contribution in [0.4, 0.5) is 0 Å². The third kappa shape index (κ3) is 4.54. The fourth-order valence-electron chi connectivity index (χ4n) is 2.62. The van der Waals surface area contributed by atoms with Crippen LogP contribution >= 0.6 is 0 Å². The number of nitrogens with zero attached hydrogens (tertiary/aromatic N) is 2. The summed E-state index contributed by atoms with van der Waals surface area (Å²) in [5.41, 5.74) is 3.11. The van der Waals surface area contributed by atoms with Crippen LogP contribution in [0.3, 0.4) is 0 Å². The van der Waals surface area contributed by atoms with E-state index < -0.39 is 30.3 Å². The third-order valence-corrected chi connectivity index (χ3v) is 4.27. The van der Waals surface area contributed by atoms with Crippen LogP contribution in [0, 0.1) is 6.92 Å². The summed E-state index contributed by atoms with van der Waals surface area (Å²) in [6, 6.07) is 13.4. The van der Waals surface area contributed by atoms with E-state index in [-0.39, 0.29) is 11.4 Å². The van der Waals surface area contributed by atoms with E-state index in [0.29, 0.717) is 16.6 Å². The van der Waals surface area contributed by atoms with Gasteiger partial charge < -0.3 is 20.3 Å². The minimum atomic E-state index is -1.76. The number of aliphatic hydroxyl groups is 3. The maximum atomic E-state index is 12.5. The highest BCUT2D eigenvalue weighted by molar-refractivity contribution is 6.04. The van der Waals surface area contributed by atoms with E-state index in [4.69, 9.17) is 5.11 Å². The Morgan fingerprint density at radius 2 is 1.86 bits per heavy atom. The maximum absolute atomic E-state index is 12.5. The van der Waals surface area contributed by atoms with Gasteiger partial charge in [-0.1, -0.05) is 29.8 Å². The summed E-state index contributed by atoms with van der Waals surface area (Å²) in [4.78, 5) is 31.6. The zero-order valence-electron chi connectivity index (χ0n) is 15.5. The normalized spacial score (nSPS) is 13.9. The number of H-pyrrole nitrogens is 1. The summed E-state index contributed by atoms with van der Waals surface area (Å²) in [6.07, 6.45) is -3.38. The first-order valence-corrected chi connectivity index (χ1v) is 8.81. The molecule has 1 aromatic heterocycles. The molecule has 0 aliphatic carbocycles. The highest BCUT2D eigenvalue weighted by Gasteiger charge is 2.27. The number of aryl methyl sites for hydroxylation is 1. The van der Waals surface area contributed by atoms with Gasteiger partial charge in [-0.05, 0) is 31.2 Å². The molecule has 1 amide bonds. The second-order valence-corrected chi connectivity index (χ2v) is 6.43. The lowest BCUT2D eigenvalue weighted by molar-refractivity contribution is 0.0183. The van der Waals surface area contributed by atoms with Crippen molar-refractivity contribution in [1.29, 1.82) is 0 Å². The van der Waals surface area contributed by atoms with Gasteiger partial charge in [-0.3, -0.25) is 9.59 Å². The molecule has 2 aromatic carbocycles. The largest absolute Gasteiger partial charge is 0.394 e. The van der Waals surface area contributed by atoms with E-state index in [1.54, 1.807) is 48.5 Å². The van der Waals surface area contributed by atoms with Crippen LogP contribution in [0.5, 0.6) is 0 Å². The molecule has 0 saturated heterocycles. The highest BCUT2D eigenvalue weighted by Crippen LogP contribution is 2.09. The van der Waals surface area contributed by atoms with Gasteiger partial charge in [0.05, 0.1) is 17.6 Å². The Labute approximate surface area is 165 Å². The first-order valence-electron chi connectivity index (χ1n) is 8.81. The molecule has 3 rings (SSSR count). The van der Waals surface area contributed by atoms with Crippen molar-refractivity contribution in [3.05, 3.63) is 75.7 Å². The lowest BCUT2D eigenvalue weighted by Gasteiger charge is -2.17. The van der Waals surface area contributed by atoms with E-state index >= 15 is 0 Å². The molecule has 29 heavy (non-hydrogen) atoms. The minimum absolute atomic E-state index is 0.284. The van der Waals surface area contributed by atoms with Crippen LogP contribution in [-0.4, -0.2) is 55.7 Å². The van der Waals surface area contributed by atoms with Gasteiger partial charge in [-0.15, -0.1) is 0 Å². The van der Waals surface area contributed by atoms with Crippen molar-refractivity contribution in [2.24, 2.45) is 5.10 Å². The second-order valence-electron chi connectivity index (χ2n) is 6.43. The molecule has 2 atom stereocenters. The minimum Gasteiger partial charge on any atom is -0.394 e. The number of para-hydroxylation sites is 2. The molecular formula is C20H20N4O5. The van der Waals surface area contributed by atoms with Crippen LogP contribution in [0.2, 0.25) is 0 Å². The predicted molar refractivity (Wildman–Crippen MR) is 107 cm³/mol. The topological polar surface area (TPSA) is 148 Å². The van der Waals surface area contributed by atoms with Crippen LogP contribution in [-0.2, 0) is 0 Å². The number of carbonyl (C=O) groups excluding carboxylic acids is 1. The molecular weight excluding hydrogens is 376 g/mol. The average Bonchev–Trinajstić information content (AvgIpc) is 2.73. The second kappa shape index (κ2) is 8.74. The van der Waals surface area contributed by atoms with Gasteiger partial charge in [0.25, 0.3) is 11.5 Å². The Morgan fingerprint density at radius 1 is 1.17 bits per heavy atom. The van der Waals surface area contributed by atoms with Crippen molar-refractivity contribution in [2.75, 3.05) is 6.61 Å². The zero-order chi connectivity index (χ0) is 21.0. The van der Waals surface area contributed by atoms with Crippen LogP contribution in [0.1, 0.15) is 21.6 Å². The molecule has 0 saturated carbocycles. The van der Waals surface area contributed by atoms with Gasteiger partial charge in [-0.2, -0.15) is 5.10 Å². The molecule has 0 radical (unpaired) electrons. The maximum Gasteiger partial charge on any atom is 0.276 e. The number of nitrogens with one attached hydrogen (secondary N) is 2. The van der Waals surface area contributed by atoms with Crippen LogP contribution in [0.15, 0.2) is 58.4 Å². The standard InChI is InChI=1S/C20H20N4O5/c1-11-6-8-12(9-7-11)19(28)24-23-16(18(27)15(26)10-25)17-20(29)22-14-5-3-2-4-13(14)21-17/h2-9,15,18,25-27H,10H2,1H3,(H,22,29)(H,24,28). The molecule has 0 bridgehead atoms. The first-order chi connectivity index (χ1) is 13.9. The van der Waals surface area contributed by atoms with Crippen molar-refractivity contribution < 1.29 is 20.1 Å². The quantitative estimate of drug-likeness (QED) is 0.294. The summed E-state index contributed by atoms with van der Waals surface area (Å²) in [5.74, 6) is -0.578. The fourth-order valence-corrected chi connectivity index (χ4v) is 2.62. The van der Waals surface area contributed by atoms with E-state index in [1.807, 2.05) is 6.92 Å². The summed E-state index contributed by atoms with van der Waals surface area (Å²) in [5, 5.41) is 33.2. The Hall–Kier alpha value is -3.40. The number of benzene rings is 2. The fraction of sp³-hybridized carbons (Fsp3) is 0.200. The van der Waals surface area contributed by atoms with E-state index in [1.165, 1.54) is 0 Å². The van der Waals surface area contributed by atoms with Gasteiger partial charge in [0.15, 0.2) is 5.69 Å². The number of aliphatic hydroxyl groups excluding tert-OH is 3. The molecule has 0 fully saturated rings. The lowest BCUT2D eigenvalue weighted by Crippen LogP contribution is -2.41. The number of amides is 1. The first kappa shape index (κ1) is 20.3. The van der Waals surface area contributed by atoms with E-state index in [0.717, 1.165) is 5.56 Å². The van der Waals surface area contributed by atoms with E-state index in [9.17, 15) is 19.8 Å². The van der Waals surface area contributed by atoms with Gasteiger partial charge in [0, 0.05) is 5.56 Å². The van der Waals surface area contributed by atoms with E-state index in [2.05, 4.69) is 20.5 Å². The van der Waals surface area contributed by atoms with Crippen molar-refractivity contribution in [2.45, 2.75) is 19.1 Å². The Bertz CT molecular complexity index is 1110. The number of fused-ring (bicyclic) bond motifs is 1. The SMILES string of the molecule is Cc1ccc(C(=O)NN=C(c2nc3ccccc3[nH]c2=O)C(O)C(O)CO)cc1. The van der Waals surface area contributed by atoms with Gasteiger partial charge in [-0.25, -0.2) is 10.4 Å². The number of aromatic amines is 1. The molecule has 1 heterocycles. The van der Waals surface area contributed by atoms with Gasteiger partial charge in [0.1, 0.15) is 17.9 Å². The molecule has 3 aromatic rings. The predicted octanol–water partition coefficient (Wildman–Crippen LogP) is 0.0797. The van der Waals surface area contributed by atoms with Crippen LogP contribution < -0.4 is 11.0 Å². The van der Waals surface area contributed by atoms with Gasteiger partial charge in [0.2, 0.25) is 0 Å². The molecule has 0 spiro atoms. The summed E-state index contributed by atoms with van der Waals surface area (Å²) in [6.45, 7) is 1.10. The Kier molecular flexibility index (Phi) is 6.13. The molecule has 9 heteroatoms. The molecule has 9 nitrogen and oxygen atoms in total. The number of hydrogen-bond donors (Lipinski definition) is 5. The third-order valence-electron chi connectivity index (χ3n) is 4.27. The van der Waals surface area contributed by atoms with Crippen molar-refractivity contribution >= 4 is 22.7 Å². The average molecular weight is 396 g/mol. The highest BCUT2D eigenvalue weighted by atomic mass is 16.4. The van der Waals surface area contributed by atoms with Crippen molar-refractivity contribution in [1.82, 2.24) is 15.4 Å². The molecule has 2 unspecified atom stereocenters. The Balaban J connectivity index is 2.02. The molecule has 0 aliphatic rings. The van der Waals surface area contributed by atoms with Crippen molar-refractivity contribution in [3.8, 4) is 0 Å². The number of hydrogen-bond acceptors (Lipinski definition) is 7.